The molecule has 0 aliphatic carbocycles. The van der Waals surface area contributed by atoms with Crippen LogP contribution in [-0.2, 0) is 6.42 Å². The summed E-state index contributed by atoms with van der Waals surface area (Å²) in [5.41, 5.74) is 8.50. The number of imidazole rings is 1. The lowest BCUT2D eigenvalue weighted by Crippen LogP contribution is -2.23. The van der Waals surface area contributed by atoms with Crippen LogP contribution in [0.25, 0.3) is 4.96 Å². The molecule has 4 nitrogen and oxygen atoms in total. The van der Waals surface area contributed by atoms with E-state index in [1.54, 1.807) is 11.3 Å². The molecule has 0 spiro atoms. The number of para-hydroxylation sites is 1. The van der Waals surface area contributed by atoms with Crippen LogP contribution in [0.3, 0.4) is 0 Å². The molecule has 5 heteroatoms. The van der Waals surface area contributed by atoms with Gasteiger partial charge in [-0.05, 0) is 18.6 Å². The Morgan fingerprint density at radius 2 is 2.10 bits per heavy atom. The molecule has 3 rings (SSSR count). The SMILES string of the molecule is CCC(N)Cc1c(N(C)c2ccccc2)nc2sccn12. The number of nitrogens with zero attached hydrogens (tertiary/aromatic N) is 3. The Bertz CT molecular complexity index is 716. The summed E-state index contributed by atoms with van der Waals surface area (Å²) in [6.45, 7) is 2.12. The predicted octanol–water partition coefficient (Wildman–Crippen LogP) is 3.44. The van der Waals surface area contributed by atoms with E-state index in [0.717, 1.165) is 29.3 Å². The van der Waals surface area contributed by atoms with Crippen LogP contribution in [0.1, 0.15) is 19.0 Å². The van der Waals surface area contributed by atoms with Gasteiger partial charge in [0.05, 0.1) is 5.69 Å². The van der Waals surface area contributed by atoms with Gasteiger partial charge in [0.15, 0.2) is 10.8 Å². The minimum absolute atomic E-state index is 0.160. The average molecular weight is 300 g/mol. The van der Waals surface area contributed by atoms with Gasteiger partial charge in [0.2, 0.25) is 0 Å². The Hall–Kier alpha value is -1.85. The lowest BCUT2D eigenvalue weighted by atomic mass is 10.1. The molecule has 1 aromatic carbocycles. The third-order valence-corrected chi connectivity index (χ3v) is 4.54. The standard InChI is InChI=1S/C16H20N4S/c1-3-12(17)11-14-15(18-16-20(14)9-10-21-16)19(2)13-7-5-4-6-8-13/h4-10,12H,3,11,17H2,1-2H3. The lowest BCUT2D eigenvalue weighted by Gasteiger charge is -2.19. The van der Waals surface area contributed by atoms with E-state index in [2.05, 4.69) is 47.0 Å². The van der Waals surface area contributed by atoms with Crippen LogP contribution in [0.15, 0.2) is 41.9 Å². The van der Waals surface area contributed by atoms with Crippen molar-refractivity contribution in [2.24, 2.45) is 5.73 Å². The molecule has 0 aliphatic heterocycles. The smallest absolute Gasteiger partial charge is 0.195 e. The summed E-state index contributed by atoms with van der Waals surface area (Å²) in [6.07, 6.45) is 3.87. The van der Waals surface area contributed by atoms with Crippen LogP contribution >= 0.6 is 11.3 Å². The second kappa shape index (κ2) is 5.87. The van der Waals surface area contributed by atoms with Crippen molar-refractivity contribution in [2.45, 2.75) is 25.8 Å². The van der Waals surface area contributed by atoms with Gasteiger partial charge < -0.3 is 10.6 Å². The zero-order valence-electron chi connectivity index (χ0n) is 12.4. The Morgan fingerprint density at radius 1 is 1.33 bits per heavy atom. The molecule has 1 unspecified atom stereocenters. The number of aromatic nitrogens is 2. The normalized spacial score (nSPS) is 12.7. The van der Waals surface area contributed by atoms with Crippen LogP contribution in [0.2, 0.25) is 0 Å². The maximum absolute atomic E-state index is 6.18. The van der Waals surface area contributed by atoms with Crippen molar-refractivity contribution in [2.75, 3.05) is 11.9 Å². The molecule has 110 valence electrons. The maximum Gasteiger partial charge on any atom is 0.195 e. The van der Waals surface area contributed by atoms with Gasteiger partial charge in [-0.1, -0.05) is 25.1 Å². The number of nitrogens with two attached hydrogens (primary N) is 1. The highest BCUT2D eigenvalue weighted by molar-refractivity contribution is 7.15. The van der Waals surface area contributed by atoms with Crippen LogP contribution in [0, 0.1) is 0 Å². The van der Waals surface area contributed by atoms with E-state index in [-0.39, 0.29) is 6.04 Å². The minimum atomic E-state index is 0.160. The fourth-order valence-electron chi connectivity index (χ4n) is 2.45. The summed E-state index contributed by atoms with van der Waals surface area (Å²) in [5.74, 6) is 0.997. The molecule has 0 aliphatic rings. The Morgan fingerprint density at radius 3 is 2.81 bits per heavy atom. The number of hydrogen-bond acceptors (Lipinski definition) is 4. The van der Waals surface area contributed by atoms with Crippen molar-refractivity contribution < 1.29 is 0 Å². The number of benzene rings is 1. The van der Waals surface area contributed by atoms with E-state index in [1.807, 2.05) is 18.2 Å². The monoisotopic (exact) mass is 300 g/mol. The number of thiazole rings is 1. The van der Waals surface area contributed by atoms with Crippen LogP contribution in [0.4, 0.5) is 11.5 Å². The first-order chi connectivity index (χ1) is 10.2. The van der Waals surface area contributed by atoms with E-state index in [1.165, 1.54) is 5.69 Å². The van der Waals surface area contributed by atoms with Crippen molar-refractivity contribution in [3.8, 4) is 0 Å². The van der Waals surface area contributed by atoms with Gasteiger partial charge >= 0.3 is 0 Å². The van der Waals surface area contributed by atoms with Crippen LogP contribution in [-0.4, -0.2) is 22.5 Å². The van der Waals surface area contributed by atoms with Crippen LogP contribution < -0.4 is 10.6 Å². The van der Waals surface area contributed by atoms with Gasteiger partial charge in [-0.2, -0.15) is 0 Å². The molecule has 3 aromatic rings. The third kappa shape index (κ3) is 2.66. The molecular formula is C16H20N4S. The van der Waals surface area contributed by atoms with E-state index in [0.29, 0.717) is 0 Å². The summed E-state index contributed by atoms with van der Waals surface area (Å²) in [6, 6.07) is 10.5. The van der Waals surface area contributed by atoms with Crippen molar-refractivity contribution in [1.82, 2.24) is 9.38 Å². The first-order valence-corrected chi connectivity index (χ1v) is 8.07. The van der Waals surface area contributed by atoms with E-state index in [9.17, 15) is 0 Å². The van der Waals surface area contributed by atoms with E-state index < -0.39 is 0 Å². The number of anilines is 2. The fourth-order valence-corrected chi connectivity index (χ4v) is 3.17. The summed E-state index contributed by atoms with van der Waals surface area (Å²) < 4.78 is 2.16. The Balaban J connectivity index is 2.04. The van der Waals surface area contributed by atoms with Gasteiger partial charge in [-0.15, -0.1) is 11.3 Å². The van der Waals surface area contributed by atoms with Gasteiger partial charge in [-0.3, -0.25) is 4.40 Å². The van der Waals surface area contributed by atoms with E-state index >= 15 is 0 Å². The largest absolute Gasteiger partial charge is 0.328 e. The lowest BCUT2D eigenvalue weighted by molar-refractivity contribution is 0.634. The van der Waals surface area contributed by atoms with Gasteiger partial charge in [0.1, 0.15) is 0 Å². The molecule has 21 heavy (non-hydrogen) atoms. The Kier molecular flexibility index (Phi) is 3.94. The molecule has 0 fully saturated rings. The highest BCUT2D eigenvalue weighted by Crippen LogP contribution is 2.29. The summed E-state index contributed by atoms with van der Waals surface area (Å²) in [5, 5.41) is 2.07. The second-order valence-corrected chi connectivity index (χ2v) is 6.08. The molecule has 0 radical (unpaired) electrons. The fraction of sp³-hybridized carbons (Fsp3) is 0.312. The zero-order chi connectivity index (χ0) is 14.8. The number of rotatable bonds is 5. The molecule has 1 atom stereocenters. The zero-order valence-corrected chi connectivity index (χ0v) is 13.2. The third-order valence-electron chi connectivity index (χ3n) is 3.78. The van der Waals surface area contributed by atoms with Crippen molar-refractivity contribution in [3.05, 3.63) is 47.6 Å². The second-order valence-electron chi connectivity index (χ2n) is 5.20. The molecule has 2 aromatic heterocycles. The first-order valence-electron chi connectivity index (χ1n) is 7.19. The van der Waals surface area contributed by atoms with Gasteiger partial charge in [0.25, 0.3) is 0 Å². The van der Waals surface area contributed by atoms with Crippen molar-refractivity contribution >= 4 is 27.8 Å². The molecular weight excluding hydrogens is 280 g/mol. The Labute approximate surface area is 128 Å². The highest BCUT2D eigenvalue weighted by Gasteiger charge is 2.19. The highest BCUT2D eigenvalue weighted by atomic mass is 32.1. The van der Waals surface area contributed by atoms with Gasteiger partial charge in [0, 0.05) is 36.8 Å². The molecule has 2 heterocycles. The average Bonchev–Trinajstić information content (AvgIpc) is 3.10. The molecule has 0 saturated heterocycles. The number of fused-ring (bicyclic) bond motifs is 1. The van der Waals surface area contributed by atoms with Gasteiger partial charge in [-0.25, -0.2) is 4.98 Å². The topological polar surface area (TPSA) is 46.6 Å². The summed E-state index contributed by atoms with van der Waals surface area (Å²) >= 11 is 1.65. The maximum atomic E-state index is 6.18. The molecule has 0 amide bonds. The quantitative estimate of drug-likeness (QED) is 0.785. The molecule has 0 saturated carbocycles. The molecule has 0 bridgehead atoms. The predicted molar refractivity (Wildman–Crippen MR) is 89.5 cm³/mol. The van der Waals surface area contributed by atoms with Crippen molar-refractivity contribution in [1.29, 1.82) is 0 Å². The number of hydrogen-bond donors (Lipinski definition) is 1. The minimum Gasteiger partial charge on any atom is -0.328 e. The van der Waals surface area contributed by atoms with E-state index in [4.69, 9.17) is 10.7 Å². The molecule has 2 N–H and O–H groups in total. The first kappa shape index (κ1) is 14.1. The summed E-state index contributed by atoms with van der Waals surface area (Å²) in [4.78, 5) is 7.94. The van der Waals surface area contributed by atoms with Crippen LogP contribution in [0.5, 0.6) is 0 Å². The summed E-state index contributed by atoms with van der Waals surface area (Å²) in [7, 11) is 2.06. The van der Waals surface area contributed by atoms with Crippen molar-refractivity contribution in [3.63, 3.8) is 0 Å².